The van der Waals surface area contributed by atoms with Crippen LogP contribution in [-0.4, -0.2) is 52.6 Å². The molecule has 3 aliphatic rings. The number of fused-ring (bicyclic) bond motifs is 1. The van der Waals surface area contributed by atoms with Crippen LogP contribution in [0, 0.1) is 23.2 Å². The average molecular weight is 687 g/mol. The van der Waals surface area contributed by atoms with Gasteiger partial charge >= 0.3 is 5.97 Å². The molecule has 7 atom stereocenters. The van der Waals surface area contributed by atoms with Gasteiger partial charge in [-0.15, -0.1) is 0 Å². The zero-order chi connectivity index (χ0) is 35.8. The standard InChI is InChI=1S/C40H70O5Si2/c1-16-43-37(42)27(2)24-35(41)29(4)33-21-22-34-30(18-17-23-40(33,34)11)19-20-31-25-32(44-46(12,13)38(5,6)7)26-36(28(31)3)45-47(14,15)39(8,9)10/h19-20,29,32-36,41H,2-3,16-18,21-26H2,1,4-15H3/b30-19+,31-20-/t29-,32+,33+,34-,35?,36-,40+/m0/s1. The van der Waals surface area contributed by atoms with E-state index in [-0.39, 0.29) is 40.0 Å². The zero-order valence-corrected chi connectivity index (χ0v) is 34.5. The van der Waals surface area contributed by atoms with Gasteiger partial charge in [0.1, 0.15) is 0 Å². The minimum Gasteiger partial charge on any atom is -0.463 e. The maximum absolute atomic E-state index is 12.2. The summed E-state index contributed by atoms with van der Waals surface area (Å²) >= 11 is 0. The van der Waals surface area contributed by atoms with E-state index < -0.39 is 28.7 Å². The second-order valence-corrected chi connectivity index (χ2v) is 27.8. The van der Waals surface area contributed by atoms with Crippen molar-refractivity contribution in [1.29, 1.82) is 0 Å². The third-order valence-corrected chi connectivity index (χ3v) is 22.1. The maximum Gasteiger partial charge on any atom is 0.333 e. The predicted molar refractivity (Wildman–Crippen MR) is 202 cm³/mol. The molecule has 47 heavy (non-hydrogen) atoms. The first kappa shape index (κ1) is 40.2. The summed E-state index contributed by atoms with van der Waals surface area (Å²) in [4.78, 5) is 12.2. The summed E-state index contributed by atoms with van der Waals surface area (Å²) in [5.41, 5.74) is 4.43. The fourth-order valence-corrected chi connectivity index (χ4v) is 10.6. The SMILES string of the molecule is C=C(CC(O)[C@@H](C)[C@H]1CC[C@H]2/C(=C/C=C3/C[C@@H](O[Si](C)(C)C(C)(C)C)C[C@H](O[Si](C)(C)C(C)(C)C)C3=C)CCC[C@]12C)C(=O)OCC. The van der Waals surface area contributed by atoms with Gasteiger partial charge in [-0.3, -0.25) is 0 Å². The van der Waals surface area contributed by atoms with Crippen molar-refractivity contribution in [2.75, 3.05) is 6.61 Å². The minimum atomic E-state index is -2.02. The fourth-order valence-electron chi connectivity index (χ4n) is 7.93. The molecule has 0 radical (unpaired) electrons. The number of aliphatic hydroxyl groups is 1. The van der Waals surface area contributed by atoms with Crippen LogP contribution in [0.5, 0.6) is 0 Å². The van der Waals surface area contributed by atoms with E-state index in [0.29, 0.717) is 24.0 Å². The molecular weight excluding hydrogens is 617 g/mol. The Balaban J connectivity index is 1.88. The highest BCUT2D eigenvalue weighted by Gasteiger charge is 2.52. The molecule has 1 unspecified atom stereocenters. The third kappa shape index (κ3) is 9.11. The van der Waals surface area contributed by atoms with Gasteiger partial charge in [-0.2, -0.15) is 0 Å². The summed E-state index contributed by atoms with van der Waals surface area (Å²) < 4.78 is 19.3. The van der Waals surface area contributed by atoms with Gasteiger partial charge in [0.25, 0.3) is 0 Å². The average Bonchev–Trinajstić information content (AvgIpc) is 3.29. The number of carbonyl (C=O) groups is 1. The van der Waals surface area contributed by atoms with E-state index in [1.165, 1.54) is 17.6 Å². The molecule has 268 valence electrons. The van der Waals surface area contributed by atoms with E-state index in [0.717, 1.165) is 44.1 Å². The fraction of sp³-hybridized carbons (Fsp3) is 0.775. The van der Waals surface area contributed by atoms with Gasteiger partial charge in [-0.1, -0.05) is 86.3 Å². The number of allylic oxidation sites excluding steroid dienone is 3. The summed E-state index contributed by atoms with van der Waals surface area (Å²) in [5.74, 6) is 0.566. The molecule has 3 aliphatic carbocycles. The van der Waals surface area contributed by atoms with Crippen molar-refractivity contribution in [3.63, 3.8) is 0 Å². The zero-order valence-electron chi connectivity index (χ0n) is 32.5. The third-order valence-electron chi connectivity index (χ3n) is 13.0. The van der Waals surface area contributed by atoms with Crippen molar-refractivity contribution in [2.24, 2.45) is 23.2 Å². The van der Waals surface area contributed by atoms with Crippen molar-refractivity contribution in [3.8, 4) is 0 Å². The van der Waals surface area contributed by atoms with E-state index in [9.17, 15) is 9.90 Å². The highest BCUT2D eigenvalue weighted by molar-refractivity contribution is 6.74. The Morgan fingerprint density at radius 3 is 2.21 bits per heavy atom. The van der Waals surface area contributed by atoms with Gasteiger partial charge in [-0.05, 0) is 116 Å². The molecule has 3 fully saturated rings. The number of rotatable bonds is 11. The molecule has 3 saturated carbocycles. The molecule has 0 aliphatic heterocycles. The molecule has 0 aromatic carbocycles. The molecule has 0 heterocycles. The van der Waals surface area contributed by atoms with E-state index in [4.69, 9.17) is 13.6 Å². The van der Waals surface area contributed by atoms with Crippen molar-refractivity contribution >= 4 is 22.6 Å². The van der Waals surface area contributed by atoms with Crippen LogP contribution in [0.15, 0.2) is 47.6 Å². The van der Waals surface area contributed by atoms with Crippen LogP contribution >= 0.6 is 0 Å². The highest BCUT2D eigenvalue weighted by atomic mass is 28.4. The van der Waals surface area contributed by atoms with Gasteiger partial charge in [0, 0.05) is 18.4 Å². The molecule has 1 N–H and O–H groups in total. The Bertz CT molecular complexity index is 1220. The summed E-state index contributed by atoms with van der Waals surface area (Å²) in [7, 11) is -3.99. The topological polar surface area (TPSA) is 65.0 Å². The molecule has 0 bridgehead atoms. The summed E-state index contributed by atoms with van der Waals surface area (Å²) in [5, 5.41) is 11.5. The number of ether oxygens (including phenoxy) is 1. The Kier molecular flexibility index (Phi) is 12.8. The molecular formula is C40H70O5Si2. The molecule has 3 rings (SSSR count). The maximum atomic E-state index is 12.2. The van der Waals surface area contributed by atoms with Gasteiger partial charge < -0.3 is 18.7 Å². The predicted octanol–water partition coefficient (Wildman–Crippen LogP) is 10.7. The summed E-state index contributed by atoms with van der Waals surface area (Å²) in [6, 6.07) is 0. The first-order chi connectivity index (χ1) is 21.4. The van der Waals surface area contributed by atoms with Crippen LogP contribution in [0.4, 0.5) is 0 Å². The monoisotopic (exact) mass is 686 g/mol. The molecule has 0 spiro atoms. The van der Waals surface area contributed by atoms with Crippen LogP contribution in [0.1, 0.15) is 114 Å². The van der Waals surface area contributed by atoms with Crippen molar-refractivity contribution < 1.29 is 23.5 Å². The van der Waals surface area contributed by atoms with Crippen LogP contribution in [0.3, 0.4) is 0 Å². The number of hydrogen-bond acceptors (Lipinski definition) is 5. The first-order valence-corrected chi connectivity index (χ1v) is 24.2. The molecule has 0 saturated heterocycles. The Hall–Kier alpha value is -1.26. The Morgan fingerprint density at radius 1 is 1.04 bits per heavy atom. The van der Waals surface area contributed by atoms with Gasteiger partial charge in [0.05, 0.1) is 24.9 Å². The van der Waals surface area contributed by atoms with Crippen LogP contribution < -0.4 is 0 Å². The number of hydrogen-bond donors (Lipinski definition) is 1. The van der Waals surface area contributed by atoms with Crippen LogP contribution in [-0.2, 0) is 18.4 Å². The number of aliphatic hydroxyl groups excluding tert-OH is 1. The molecule has 0 amide bonds. The largest absolute Gasteiger partial charge is 0.463 e. The first-order valence-electron chi connectivity index (χ1n) is 18.4. The molecule has 0 aromatic rings. The van der Waals surface area contributed by atoms with E-state index in [1.54, 1.807) is 6.92 Å². The Labute approximate surface area is 291 Å². The normalized spacial score (nSPS) is 30.7. The van der Waals surface area contributed by atoms with E-state index in [1.807, 2.05) is 0 Å². The van der Waals surface area contributed by atoms with Gasteiger partial charge in [-0.25, -0.2) is 4.79 Å². The lowest BCUT2D eigenvalue weighted by Gasteiger charge is -2.46. The lowest BCUT2D eigenvalue weighted by molar-refractivity contribution is -0.139. The number of carbonyl (C=O) groups excluding carboxylic acids is 1. The molecule has 5 nitrogen and oxygen atoms in total. The second-order valence-electron chi connectivity index (χ2n) is 18.3. The van der Waals surface area contributed by atoms with Crippen LogP contribution in [0.2, 0.25) is 36.3 Å². The van der Waals surface area contributed by atoms with Crippen LogP contribution in [0.25, 0.3) is 0 Å². The molecule has 0 aromatic heterocycles. The van der Waals surface area contributed by atoms with Gasteiger partial charge in [0.2, 0.25) is 0 Å². The Morgan fingerprint density at radius 2 is 1.64 bits per heavy atom. The number of esters is 1. The second kappa shape index (κ2) is 14.9. The van der Waals surface area contributed by atoms with Gasteiger partial charge in [0.15, 0.2) is 16.6 Å². The minimum absolute atomic E-state index is 0.0248. The van der Waals surface area contributed by atoms with Crippen molar-refractivity contribution in [3.05, 3.63) is 47.6 Å². The van der Waals surface area contributed by atoms with E-state index in [2.05, 4.69) is 107 Å². The van der Waals surface area contributed by atoms with Crippen molar-refractivity contribution in [2.45, 2.75) is 168 Å². The summed E-state index contributed by atoms with van der Waals surface area (Å²) in [6.45, 7) is 38.6. The molecule has 7 heteroatoms. The van der Waals surface area contributed by atoms with Crippen molar-refractivity contribution in [1.82, 2.24) is 0 Å². The quantitative estimate of drug-likeness (QED) is 0.133. The lowest BCUT2D eigenvalue weighted by Crippen LogP contribution is -2.49. The highest BCUT2D eigenvalue weighted by Crippen LogP contribution is 2.60. The summed E-state index contributed by atoms with van der Waals surface area (Å²) in [6.07, 6.45) is 12.0. The van der Waals surface area contributed by atoms with E-state index >= 15 is 0 Å². The smallest absolute Gasteiger partial charge is 0.333 e. The lowest BCUT2D eigenvalue weighted by atomic mass is 9.60.